The molecular formula is C20H33N5. The zero-order chi connectivity index (χ0) is 18.3. The van der Waals surface area contributed by atoms with Crippen molar-refractivity contribution in [2.45, 2.75) is 46.1 Å². The molecule has 0 radical (unpaired) electrons. The van der Waals surface area contributed by atoms with Crippen LogP contribution < -0.4 is 16.0 Å². The Hall–Kier alpha value is -2.01. The van der Waals surface area contributed by atoms with Gasteiger partial charge in [0.05, 0.1) is 0 Å². The maximum Gasteiger partial charge on any atom is 0.191 e. The lowest BCUT2D eigenvalue weighted by Gasteiger charge is -2.21. The lowest BCUT2D eigenvalue weighted by atomic mass is 10.1. The molecule has 0 unspecified atom stereocenters. The van der Waals surface area contributed by atoms with Gasteiger partial charge < -0.3 is 20.9 Å². The van der Waals surface area contributed by atoms with Gasteiger partial charge in [-0.1, -0.05) is 25.1 Å². The first-order chi connectivity index (χ1) is 11.9. The lowest BCUT2D eigenvalue weighted by molar-refractivity contribution is 0.428. The predicted molar refractivity (Wildman–Crippen MR) is 109 cm³/mol. The van der Waals surface area contributed by atoms with Crippen LogP contribution in [0.1, 0.15) is 38.8 Å². The molecule has 2 aromatic rings. The minimum atomic E-state index is 0.144. The SMILES string of the molecule is CCc1cccc2c(CCNC(=NC)NCCNC(C)(C)C)c[nH]c12. The molecule has 0 fully saturated rings. The van der Waals surface area contributed by atoms with E-state index in [4.69, 9.17) is 0 Å². The van der Waals surface area contributed by atoms with Crippen molar-refractivity contribution in [3.63, 3.8) is 0 Å². The van der Waals surface area contributed by atoms with Crippen LogP contribution in [0.4, 0.5) is 0 Å². The third kappa shape index (κ3) is 5.78. The summed E-state index contributed by atoms with van der Waals surface area (Å²) < 4.78 is 0. The summed E-state index contributed by atoms with van der Waals surface area (Å²) in [5.74, 6) is 0.852. The van der Waals surface area contributed by atoms with Crippen molar-refractivity contribution in [3.05, 3.63) is 35.5 Å². The van der Waals surface area contributed by atoms with Crippen LogP contribution >= 0.6 is 0 Å². The zero-order valence-corrected chi connectivity index (χ0v) is 16.3. The highest BCUT2D eigenvalue weighted by Gasteiger charge is 2.08. The number of benzene rings is 1. The van der Waals surface area contributed by atoms with E-state index in [-0.39, 0.29) is 5.54 Å². The van der Waals surface area contributed by atoms with Gasteiger partial charge in [0.25, 0.3) is 0 Å². The lowest BCUT2D eigenvalue weighted by Crippen LogP contribution is -2.44. The second kappa shape index (κ2) is 8.90. The molecule has 1 aromatic heterocycles. The number of aliphatic imine (C=N–C) groups is 1. The van der Waals surface area contributed by atoms with E-state index in [1.165, 1.54) is 22.0 Å². The topological polar surface area (TPSA) is 64.2 Å². The van der Waals surface area contributed by atoms with Crippen LogP contribution in [0.25, 0.3) is 10.9 Å². The smallest absolute Gasteiger partial charge is 0.191 e. The highest BCUT2D eigenvalue weighted by molar-refractivity contribution is 5.86. The highest BCUT2D eigenvalue weighted by Crippen LogP contribution is 2.22. The second-order valence-corrected chi connectivity index (χ2v) is 7.36. The van der Waals surface area contributed by atoms with Crippen LogP contribution in [-0.4, -0.2) is 43.2 Å². The molecule has 0 saturated heterocycles. The number of hydrogen-bond acceptors (Lipinski definition) is 2. The standard InChI is InChI=1S/C20H33N5/c1-6-15-8-7-9-17-16(14-24-18(15)17)10-11-22-19(21-5)23-12-13-25-20(2,3)4/h7-9,14,24-25H,6,10-13H2,1-5H3,(H2,21,22,23). The monoisotopic (exact) mass is 343 g/mol. The Morgan fingerprint density at radius 1 is 1.08 bits per heavy atom. The normalized spacial score (nSPS) is 12.6. The van der Waals surface area contributed by atoms with Gasteiger partial charge in [-0.25, -0.2) is 0 Å². The maximum absolute atomic E-state index is 4.29. The number of para-hydroxylation sites is 1. The quantitative estimate of drug-likeness (QED) is 0.355. The van der Waals surface area contributed by atoms with E-state index < -0.39 is 0 Å². The Morgan fingerprint density at radius 3 is 2.52 bits per heavy atom. The van der Waals surface area contributed by atoms with E-state index in [0.717, 1.165) is 38.4 Å². The number of fused-ring (bicyclic) bond motifs is 1. The van der Waals surface area contributed by atoms with E-state index in [9.17, 15) is 0 Å². The first-order valence-corrected chi connectivity index (χ1v) is 9.22. The van der Waals surface area contributed by atoms with Crippen LogP contribution in [0.3, 0.4) is 0 Å². The second-order valence-electron chi connectivity index (χ2n) is 7.36. The van der Waals surface area contributed by atoms with Gasteiger partial charge in [-0.3, -0.25) is 4.99 Å². The van der Waals surface area contributed by atoms with Crippen LogP contribution in [0.15, 0.2) is 29.4 Å². The molecule has 1 heterocycles. The van der Waals surface area contributed by atoms with Gasteiger partial charge in [-0.15, -0.1) is 0 Å². The van der Waals surface area contributed by atoms with Gasteiger partial charge in [-0.2, -0.15) is 0 Å². The van der Waals surface area contributed by atoms with Gasteiger partial charge in [0.1, 0.15) is 0 Å². The molecule has 2 rings (SSSR count). The van der Waals surface area contributed by atoms with E-state index >= 15 is 0 Å². The molecule has 0 aliphatic heterocycles. The Morgan fingerprint density at radius 2 is 1.84 bits per heavy atom. The first kappa shape index (κ1) is 19.3. The van der Waals surface area contributed by atoms with Gasteiger partial charge in [0.2, 0.25) is 0 Å². The van der Waals surface area contributed by atoms with Crippen molar-refractivity contribution in [1.82, 2.24) is 20.9 Å². The fourth-order valence-corrected chi connectivity index (χ4v) is 2.93. The third-order valence-electron chi connectivity index (χ3n) is 4.25. The van der Waals surface area contributed by atoms with E-state index in [1.54, 1.807) is 0 Å². The molecule has 25 heavy (non-hydrogen) atoms. The van der Waals surface area contributed by atoms with Crippen molar-refractivity contribution >= 4 is 16.9 Å². The van der Waals surface area contributed by atoms with Crippen molar-refractivity contribution < 1.29 is 0 Å². The van der Waals surface area contributed by atoms with Crippen LogP contribution in [0.2, 0.25) is 0 Å². The van der Waals surface area contributed by atoms with Gasteiger partial charge in [0.15, 0.2) is 5.96 Å². The summed E-state index contributed by atoms with van der Waals surface area (Å²) in [5, 5.41) is 11.5. The fourth-order valence-electron chi connectivity index (χ4n) is 2.93. The molecule has 5 heteroatoms. The summed E-state index contributed by atoms with van der Waals surface area (Å²) in [6.07, 6.45) is 4.15. The molecule has 0 atom stereocenters. The van der Waals surface area contributed by atoms with Crippen LogP contribution in [0.5, 0.6) is 0 Å². The summed E-state index contributed by atoms with van der Waals surface area (Å²) in [7, 11) is 1.81. The zero-order valence-electron chi connectivity index (χ0n) is 16.3. The summed E-state index contributed by atoms with van der Waals surface area (Å²) in [5.41, 5.74) is 4.14. The average Bonchev–Trinajstić information content (AvgIpc) is 2.99. The van der Waals surface area contributed by atoms with Crippen LogP contribution in [0, 0.1) is 0 Å². The molecule has 1 aromatic carbocycles. The van der Waals surface area contributed by atoms with Gasteiger partial charge in [0, 0.05) is 49.3 Å². The fraction of sp³-hybridized carbons (Fsp3) is 0.550. The van der Waals surface area contributed by atoms with Gasteiger partial charge in [-0.05, 0) is 44.7 Å². The maximum atomic E-state index is 4.29. The molecule has 5 nitrogen and oxygen atoms in total. The van der Waals surface area contributed by atoms with Gasteiger partial charge >= 0.3 is 0 Å². The number of rotatable bonds is 7. The molecule has 138 valence electrons. The summed E-state index contributed by atoms with van der Waals surface area (Å²) >= 11 is 0. The first-order valence-electron chi connectivity index (χ1n) is 9.22. The van der Waals surface area contributed by atoms with E-state index in [1.807, 2.05) is 7.05 Å². The predicted octanol–water partition coefficient (Wildman–Crippen LogP) is 2.83. The van der Waals surface area contributed by atoms with Crippen LogP contribution in [-0.2, 0) is 12.8 Å². The molecule has 4 N–H and O–H groups in total. The molecule has 0 spiro atoms. The molecule has 0 bridgehead atoms. The Kier molecular flexibility index (Phi) is 6.88. The summed E-state index contributed by atoms with van der Waals surface area (Å²) in [6.45, 7) is 11.3. The Balaban J connectivity index is 1.81. The molecule has 0 aliphatic rings. The largest absolute Gasteiger partial charge is 0.361 e. The number of aromatic amines is 1. The molecule has 0 amide bonds. The number of aryl methyl sites for hydroxylation is 1. The molecule has 0 saturated carbocycles. The van der Waals surface area contributed by atoms with E-state index in [0.29, 0.717) is 0 Å². The van der Waals surface area contributed by atoms with E-state index in [2.05, 4.69) is 78.0 Å². The third-order valence-corrected chi connectivity index (χ3v) is 4.25. The Bertz CT molecular complexity index is 694. The highest BCUT2D eigenvalue weighted by atomic mass is 15.2. The van der Waals surface area contributed by atoms with Crippen molar-refractivity contribution in [3.8, 4) is 0 Å². The summed E-state index contributed by atoms with van der Waals surface area (Å²) in [4.78, 5) is 7.72. The average molecular weight is 344 g/mol. The Labute approximate surface area is 151 Å². The van der Waals surface area contributed by atoms with Crippen molar-refractivity contribution in [2.75, 3.05) is 26.7 Å². The van der Waals surface area contributed by atoms with Crippen molar-refractivity contribution in [2.24, 2.45) is 4.99 Å². The minimum Gasteiger partial charge on any atom is -0.361 e. The number of hydrogen-bond donors (Lipinski definition) is 4. The number of nitrogens with one attached hydrogen (secondary N) is 4. The van der Waals surface area contributed by atoms with Crippen molar-refractivity contribution in [1.29, 1.82) is 0 Å². The molecule has 0 aliphatic carbocycles. The summed E-state index contributed by atoms with van der Waals surface area (Å²) in [6, 6.07) is 6.54. The molecular weight excluding hydrogens is 310 g/mol. The number of H-pyrrole nitrogens is 1. The number of guanidine groups is 1. The minimum absolute atomic E-state index is 0.144. The number of aromatic nitrogens is 1. The number of nitrogens with zero attached hydrogens (tertiary/aromatic N) is 1.